The summed E-state index contributed by atoms with van der Waals surface area (Å²) in [7, 11) is 1.12. The maximum atomic E-state index is 12.1. The van der Waals surface area contributed by atoms with Crippen molar-refractivity contribution in [3.63, 3.8) is 0 Å². The van der Waals surface area contributed by atoms with Crippen LogP contribution in [0.1, 0.15) is 5.69 Å². The first kappa shape index (κ1) is 13.9. The lowest BCUT2D eigenvalue weighted by molar-refractivity contribution is -0.275. The van der Waals surface area contributed by atoms with Gasteiger partial charge in [0.25, 0.3) is 5.88 Å². The van der Waals surface area contributed by atoms with Gasteiger partial charge in [-0.15, -0.1) is 13.2 Å². The van der Waals surface area contributed by atoms with Crippen LogP contribution in [0.4, 0.5) is 13.2 Å². The first-order chi connectivity index (χ1) is 8.23. The van der Waals surface area contributed by atoms with Crippen molar-refractivity contribution in [1.29, 1.82) is 0 Å². The third kappa shape index (κ3) is 3.68. The first-order valence-corrected chi connectivity index (χ1v) is 4.47. The smallest absolute Gasteiger partial charge is 0.503 e. The van der Waals surface area contributed by atoms with E-state index in [2.05, 4.69) is 14.5 Å². The molecule has 100 valence electrons. The second kappa shape index (κ2) is 4.98. The van der Waals surface area contributed by atoms with Crippen LogP contribution in [0.5, 0.6) is 17.4 Å². The van der Waals surface area contributed by atoms with Crippen molar-refractivity contribution < 1.29 is 37.7 Å². The number of rotatable bonds is 4. The highest BCUT2D eigenvalue weighted by Crippen LogP contribution is 2.33. The van der Waals surface area contributed by atoms with Gasteiger partial charge in [0, 0.05) is 6.07 Å². The van der Waals surface area contributed by atoms with Crippen molar-refractivity contribution in [2.45, 2.75) is 12.8 Å². The van der Waals surface area contributed by atoms with Gasteiger partial charge in [-0.1, -0.05) is 0 Å². The van der Waals surface area contributed by atoms with Crippen molar-refractivity contribution in [3.05, 3.63) is 11.8 Å². The number of ether oxygens (including phenoxy) is 2. The molecule has 0 aliphatic heterocycles. The van der Waals surface area contributed by atoms with Gasteiger partial charge in [0.15, 0.2) is 11.5 Å². The van der Waals surface area contributed by atoms with Crippen molar-refractivity contribution in [1.82, 2.24) is 4.98 Å². The largest absolute Gasteiger partial charge is 0.573 e. The van der Waals surface area contributed by atoms with Crippen molar-refractivity contribution >= 4 is 5.97 Å². The number of pyridine rings is 1. The van der Waals surface area contributed by atoms with Crippen molar-refractivity contribution in [3.8, 4) is 17.4 Å². The lowest BCUT2D eigenvalue weighted by Gasteiger charge is -2.13. The number of carboxylic acids is 1. The zero-order chi connectivity index (χ0) is 13.9. The Kier molecular flexibility index (Phi) is 3.84. The Bertz CT molecular complexity index is 460. The van der Waals surface area contributed by atoms with Gasteiger partial charge in [0.1, 0.15) is 0 Å². The van der Waals surface area contributed by atoms with Gasteiger partial charge in [-0.2, -0.15) is 0 Å². The highest BCUT2D eigenvalue weighted by atomic mass is 19.4. The molecule has 6 nitrogen and oxygen atoms in total. The van der Waals surface area contributed by atoms with E-state index in [-0.39, 0.29) is 5.88 Å². The number of hydrogen-bond acceptors (Lipinski definition) is 5. The van der Waals surface area contributed by atoms with Gasteiger partial charge in [0.2, 0.25) is 0 Å². The Balaban J connectivity index is 3.20. The number of halogens is 3. The third-order valence-corrected chi connectivity index (χ3v) is 1.75. The lowest BCUT2D eigenvalue weighted by atomic mass is 10.2. The molecule has 0 saturated carbocycles. The SMILES string of the molecule is COc1nc(CC(=O)O)c(OC(F)(F)F)cc1O. The van der Waals surface area contributed by atoms with E-state index in [0.29, 0.717) is 6.07 Å². The van der Waals surface area contributed by atoms with E-state index in [1.807, 2.05) is 0 Å². The zero-order valence-corrected chi connectivity index (χ0v) is 8.98. The van der Waals surface area contributed by atoms with E-state index in [1.54, 1.807) is 0 Å². The minimum absolute atomic E-state index is 0.388. The summed E-state index contributed by atoms with van der Waals surface area (Å²) in [6.07, 6.45) is -5.82. The summed E-state index contributed by atoms with van der Waals surface area (Å²) >= 11 is 0. The molecule has 0 saturated heterocycles. The number of nitrogens with zero attached hydrogens (tertiary/aromatic N) is 1. The number of carbonyl (C=O) groups is 1. The zero-order valence-electron chi connectivity index (χ0n) is 8.98. The fraction of sp³-hybridized carbons (Fsp3) is 0.333. The molecule has 0 fully saturated rings. The van der Waals surface area contributed by atoms with Crippen LogP contribution in [-0.2, 0) is 11.2 Å². The molecular weight excluding hydrogens is 259 g/mol. The van der Waals surface area contributed by atoms with Crippen LogP contribution >= 0.6 is 0 Å². The highest BCUT2D eigenvalue weighted by molar-refractivity contribution is 5.71. The Labute approximate surface area is 98.6 Å². The molecule has 18 heavy (non-hydrogen) atoms. The van der Waals surface area contributed by atoms with E-state index in [4.69, 9.17) is 5.11 Å². The van der Waals surface area contributed by atoms with Crippen LogP contribution in [0.2, 0.25) is 0 Å². The van der Waals surface area contributed by atoms with Crippen LogP contribution in [0.25, 0.3) is 0 Å². The second-order valence-electron chi connectivity index (χ2n) is 3.08. The molecule has 1 heterocycles. The van der Waals surface area contributed by atoms with E-state index >= 15 is 0 Å². The van der Waals surface area contributed by atoms with Crippen LogP contribution in [0.15, 0.2) is 6.07 Å². The summed E-state index contributed by atoms with van der Waals surface area (Å²) in [5, 5.41) is 17.8. The number of aromatic hydroxyl groups is 1. The molecule has 0 aliphatic rings. The van der Waals surface area contributed by atoms with Gasteiger partial charge >= 0.3 is 12.3 Å². The van der Waals surface area contributed by atoms with Crippen molar-refractivity contribution in [2.75, 3.05) is 7.11 Å². The maximum absolute atomic E-state index is 12.1. The van der Waals surface area contributed by atoms with Gasteiger partial charge in [-0.05, 0) is 0 Å². The van der Waals surface area contributed by atoms with Gasteiger partial charge in [-0.3, -0.25) is 4.79 Å². The molecule has 0 aliphatic carbocycles. The molecule has 9 heteroatoms. The molecule has 1 aromatic rings. The molecule has 0 radical (unpaired) electrons. The predicted octanol–water partition coefficient (Wildman–Crippen LogP) is 1.32. The lowest BCUT2D eigenvalue weighted by Crippen LogP contribution is -2.19. The monoisotopic (exact) mass is 267 g/mol. The Morgan fingerprint density at radius 1 is 1.50 bits per heavy atom. The molecular formula is C9H8F3NO5. The highest BCUT2D eigenvalue weighted by Gasteiger charge is 2.33. The number of aliphatic carboxylic acids is 1. The van der Waals surface area contributed by atoms with E-state index < -0.39 is 35.9 Å². The van der Waals surface area contributed by atoms with E-state index in [0.717, 1.165) is 7.11 Å². The van der Waals surface area contributed by atoms with E-state index in [1.165, 1.54) is 0 Å². The molecule has 0 bridgehead atoms. The number of carboxylic acid groups (broad SMARTS) is 1. The summed E-state index contributed by atoms with van der Waals surface area (Å²) in [6, 6.07) is 0.595. The molecule has 1 rings (SSSR count). The minimum atomic E-state index is -5.02. The summed E-state index contributed by atoms with van der Waals surface area (Å²) < 4.78 is 44.3. The predicted molar refractivity (Wildman–Crippen MR) is 50.5 cm³/mol. The quantitative estimate of drug-likeness (QED) is 0.855. The molecule has 1 aromatic heterocycles. The molecule has 0 spiro atoms. The van der Waals surface area contributed by atoms with Gasteiger partial charge in [-0.25, -0.2) is 4.98 Å². The Morgan fingerprint density at radius 2 is 2.11 bits per heavy atom. The Morgan fingerprint density at radius 3 is 2.56 bits per heavy atom. The third-order valence-electron chi connectivity index (χ3n) is 1.75. The number of methoxy groups -OCH3 is 1. The minimum Gasteiger partial charge on any atom is -0.503 e. The molecule has 0 aromatic carbocycles. The number of aromatic nitrogens is 1. The normalized spacial score (nSPS) is 11.1. The summed E-state index contributed by atoms with van der Waals surface area (Å²) in [6.45, 7) is 0. The Hall–Kier alpha value is -2.19. The maximum Gasteiger partial charge on any atom is 0.573 e. The summed E-state index contributed by atoms with van der Waals surface area (Å²) in [4.78, 5) is 13.9. The fourth-order valence-electron chi connectivity index (χ4n) is 1.14. The standard InChI is InChI=1S/C9H8F3NO5/c1-17-8-5(14)3-6(18-9(10,11)12)4(13-8)2-7(15)16/h3,14H,2H2,1H3,(H,15,16). The fourth-order valence-corrected chi connectivity index (χ4v) is 1.14. The topological polar surface area (TPSA) is 88.9 Å². The van der Waals surface area contributed by atoms with Crippen LogP contribution in [-0.4, -0.2) is 34.6 Å². The van der Waals surface area contributed by atoms with Crippen molar-refractivity contribution in [2.24, 2.45) is 0 Å². The molecule has 0 amide bonds. The van der Waals surface area contributed by atoms with Gasteiger partial charge < -0.3 is 19.7 Å². The first-order valence-electron chi connectivity index (χ1n) is 4.47. The molecule has 0 atom stereocenters. The van der Waals surface area contributed by atoms with Crippen LogP contribution in [0, 0.1) is 0 Å². The van der Waals surface area contributed by atoms with Crippen LogP contribution < -0.4 is 9.47 Å². The summed E-state index contributed by atoms with van der Waals surface area (Å²) in [5.41, 5.74) is -0.505. The molecule has 0 unspecified atom stereocenters. The van der Waals surface area contributed by atoms with Gasteiger partial charge in [0.05, 0.1) is 19.2 Å². The van der Waals surface area contributed by atoms with Crippen LogP contribution in [0.3, 0.4) is 0 Å². The average Bonchev–Trinajstić information content (AvgIpc) is 2.19. The second-order valence-corrected chi connectivity index (χ2v) is 3.08. The van der Waals surface area contributed by atoms with E-state index in [9.17, 15) is 23.1 Å². The number of hydrogen-bond donors (Lipinski definition) is 2. The summed E-state index contributed by atoms with van der Waals surface area (Å²) in [5.74, 6) is -3.36. The number of alkyl halides is 3. The molecule has 2 N–H and O–H groups in total. The average molecular weight is 267 g/mol.